The molecule has 0 fully saturated rings. The lowest BCUT2D eigenvalue weighted by Crippen LogP contribution is -2.43. The average Bonchev–Trinajstić information content (AvgIpc) is 2.87. The van der Waals surface area contributed by atoms with E-state index in [1.165, 1.54) is 4.88 Å². The minimum absolute atomic E-state index is 0.0554. The molecule has 0 aliphatic heterocycles. The normalized spacial score (nSPS) is 14.7. The van der Waals surface area contributed by atoms with Crippen LogP contribution in [0.3, 0.4) is 0 Å². The summed E-state index contributed by atoms with van der Waals surface area (Å²) in [6.07, 6.45) is 1.22. The molecule has 1 rings (SSSR count). The van der Waals surface area contributed by atoms with Crippen molar-refractivity contribution < 1.29 is 9.90 Å². The molecule has 0 spiro atoms. The Morgan fingerprint density at radius 1 is 1.36 bits per heavy atom. The lowest BCUT2D eigenvalue weighted by molar-refractivity contribution is 0.128. The fraction of sp³-hybridized carbons (Fsp3) is 0.706. The molecule has 0 bridgehead atoms. The van der Waals surface area contributed by atoms with Crippen LogP contribution in [-0.2, 0) is 0 Å². The number of urea groups is 1. The van der Waals surface area contributed by atoms with E-state index in [4.69, 9.17) is 0 Å². The molecule has 2 atom stereocenters. The highest BCUT2D eigenvalue weighted by atomic mass is 32.1. The van der Waals surface area contributed by atoms with Crippen molar-refractivity contribution in [2.75, 3.05) is 6.54 Å². The summed E-state index contributed by atoms with van der Waals surface area (Å²) in [5.41, 5.74) is -0.123. The van der Waals surface area contributed by atoms with E-state index in [1.807, 2.05) is 25.3 Å². The minimum Gasteiger partial charge on any atom is -0.393 e. The number of aliphatic hydroxyl groups is 1. The molecular weight excluding hydrogens is 296 g/mol. The Kier molecular flexibility index (Phi) is 7.36. The molecule has 0 saturated heterocycles. The Balaban J connectivity index is 2.53. The second-order valence-electron chi connectivity index (χ2n) is 7.24. The molecule has 2 unspecified atom stereocenters. The zero-order chi connectivity index (χ0) is 16.8. The summed E-state index contributed by atoms with van der Waals surface area (Å²) in [5, 5.41) is 17.5. The maximum atomic E-state index is 12.2. The first-order valence-electron chi connectivity index (χ1n) is 7.95. The van der Waals surface area contributed by atoms with Crippen LogP contribution < -0.4 is 10.6 Å². The van der Waals surface area contributed by atoms with Crippen LogP contribution >= 0.6 is 11.3 Å². The van der Waals surface area contributed by atoms with Crippen LogP contribution in [0.25, 0.3) is 0 Å². The summed E-state index contributed by atoms with van der Waals surface area (Å²) in [6, 6.07) is 3.99. The Morgan fingerprint density at radius 2 is 2.05 bits per heavy atom. The predicted molar refractivity (Wildman–Crippen MR) is 93.1 cm³/mol. The van der Waals surface area contributed by atoms with Gasteiger partial charge in [0.05, 0.1) is 12.1 Å². The van der Waals surface area contributed by atoms with Gasteiger partial charge in [0.2, 0.25) is 0 Å². The summed E-state index contributed by atoms with van der Waals surface area (Å²) in [6.45, 7) is 10.7. The van der Waals surface area contributed by atoms with Gasteiger partial charge in [0.1, 0.15) is 0 Å². The number of carbonyl (C=O) groups is 1. The van der Waals surface area contributed by atoms with E-state index in [2.05, 4.69) is 30.5 Å². The van der Waals surface area contributed by atoms with E-state index < -0.39 is 0 Å². The molecule has 22 heavy (non-hydrogen) atoms. The third kappa shape index (κ3) is 7.27. The van der Waals surface area contributed by atoms with Gasteiger partial charge in [0.15, 0.2) is 0 Å². The molecule has 3 N–H and O–H groups in total. The van der Waals surface area contributed by atoms with Crippen LogP contribution in [-0.4, -0.2) is 23.8 Å². The summed E-state index contributed by atoms with van der Waals surface area (Å²) in [5.74, 6) is 0.513. The molecule has 0 aliphatic carbocycles. The molecule has 0 aromatic carbocycles. The lowest BCUT2D eigenvalue weighted by atomic mass is 9.87. The van der Waals surface area contributed by atoms with Crippen molar-refractivity contribution in [3.05, 3.63) is 22.4 Å². The number of hydrogen-bond acceptors (Lipinski definition) is 3. The number of rotatable bonds is 8. The van der Waals surface area contributed by atoms with Gasteiger partial charge in [-0.15, -0.1) is 11.3 Å². The van der Waals surface area contributed by atoms with Gasteiger partial charge in [-0.2, -0.15) is 0 Å². The number of thiophene rings is 1. The number of amides is 2. The van der Waals surface area contributed by atoms with Gasteiger partial charge in [-0.25, -0.2) is 4.79 Å². The smallest absolute Gasteiger partial charge is 0.315 e. The van der Waals surface area contributed by atoms with Crippen LogP contribution in [0.15, 0.2) is 17.5 Å². The van der Waals surface area contributed by atoms with Gasteiger partial charge < -0.3 is 15.7 Å². The first kappa shape index (κ1) is 19.0. The van der Waals surface area contributed by atoms with Crippen molar-refractivity contribution >= 4 is 17.4 Å². The number of carbonyl (C=O) groups excluding carboxylic acids is 1. The Morgan fingerprint density at radius 3 is 2.55 bits per heavy atom. The fourth-order valence-electron chi connectivity index (χ4n) is 2.61. The number of nitrogens with one attached hydrogen (secondary N) is 2. The van der Waals surface area contributed by atoms with Crippen LogP contribution in [0.1, 0.15) is 58.4 Å². The maximum absolute atomic E-state index is 12.2. The second-order valence-corrected chi connectivity index (χ2v) is 8.22. The van der Waals surface area contributed by atoms with Gasteiger partial charge in [0.25, 0.3) is 0 Å². The molecule has 0 aliphatic rings. The third-order valence-electron chi connectivity index (χ3n) is 3.47. The van der Waals surface area contributed by atoms with E-state index in [1.54, 1.807) is 18.3 Å². The van der Waals surface area contributed by atoms with Crippen molar-refractivity contribution in [1.29, 1.82) is 0 Å². The van der Waals surface area contributed by atoms with Gasteiger partial charge in [-0.05, 0) is 42.5 Å². The minimum atomic E-state index is -0.361. The Hall–Kier alpha value is -1.07. The van der Waals surface area contributed by atoms with E-state index in [9.17, 15) is 9.90 Å². The molecule has 0 radical (unpaired) electrons. The summed E-state index contributed by atoms with van der Waals surface area (Å²) in [4.78, 5) is 13.4. The lowest BCUT2D eigenvalue weighted by Gasteiger charge is -2.27. The number of hydrogen-bond donors (Lipinski definition) is 3. The van der Waals surface area contributed by atoms with Gasteiger partial charge in [-0.1, -0.05) is 33.8 Å². The third-order valence-corrected chi connectivity index (χ3v) is 4.46. The molecule has 126 valence electrons. The molecule has 0 saturated carbocycles. The average molecular weight is 327 g/mol. The quantitative estimate of drug-likeness (QED) is 0.678. The Labute approximate surface area is 138 Å². The summed E-state index contributed by atoms with van der Waals surface area (Å²) < 4.78 is 0. The fourth-order valence-corrected chi connectivity index (χ4v) is 3.40. The van der Waals surface area contributed by atoms with Gasteiger partial charge >= 0.3 is 6.03 Å². The van der Waals surface area contributed by atoms with E-state index >= 15 is 0 Å². The first-order valence-corrected chi connectivity index (χ1v) is 8.83. The molecule has 2 amide bonds. The molecule has 5 heteroatoms. The Bertz CT molecular complexity index is 442. The largest absolute Gasteiger partial charge is 0.393 e. The van der Waals surface area contributed by atoms with Crippen LogP contribution in [0.4, 0.5) is 4.79 Å². The van der Waals surface area contributed by atoms with Crippen molar-refractivity contribution in [1.82, 2.24) is 10.6 Å². The van der Waals surface area contributed by atoms with E-state index in [0.29, 0.717) is 18.9 Å². The second kappa shape index (κ2) is 8.53. The van der Waals surface area contributed by atoms with Gasteiger partial charge in [-0.3, -0.25) is 0 Å². The predicted octanol–water partition coefficient (Wildman–Crippen LogP) is 3.93. The molecule has 1 aromatic rings. The van der Waals surface area contributed by atoms with Crippen molar-refractivity contribution in [2.24, 2.45) is 11.3 Å². The molecule has 1 aromatic heterocycles. The SMILES string of the molecule is CC(C)CC(NC(=O)NCC(C)(C)CC(C)O)c1cccs1. The molecule has 4 nitrogen and oxygen atoms in total. The summed E-state index contributed by atoms with van der Waals surface area (Å²) in [7, 11) is 0. The highest BCUT2D eigenvalue weighted by Crippen LogP contribution is 2.25. The van der Waals surface area contributed by atoms with Crippen LogP contribution in [0, 0.1) is 11.3 Å². The highest BCUT2D eigenvalue weighted by molar-refractivity contribution is 7.10. The number of aliphatic hydroxyl groups excluding tert-OH is 1. The zero-order valence-corrected chi connectivity index (χ0v) is 15.2. The van der Waals surface area contributed by atoms with Gasteiger partial charge in [0, 0.05) is 11.4 Å². The van der Waals surface area contributed by atoms with E-state index in [-0.39, 0.29) is 23.6 Å². The van der Waals surface area contributed by atoms with E-state index in [0.717, 1.165) is 6.42 Å². The van der Waals surface area contributed by atoms with Crippen molar-refractivity contribution in [2.45, 2.75) is 59.6 Å². The summed E-state index contributed by atoms with van der Waals surface area (Å²) >= 11 is 1.67. The van der Waals surface area contributed by atoms with Crippen LogP contribution in [0.2, 0.25) is 0 Å². The maximum Gasteiger partial charge on any atom is 0.315 e. The molecule has 1 heterocycles. The van der Waals surface area contributed by atoms with Crippen molar-refractivity contribution in [3.63, 3.8) is 0 Å². The standard InChI is InChI=1S/C17H30N2O2S/c1-12(2)9-14(15-7-6-8-22-15)19-16(21)18-11-17(4,5)10-13(3)20/h6-8,12-14,20H,9-11H2,1-5H3,(H2,18,19,21). The highest BCUT2D eigenvalue weighted by Gasteiger charge is 2.22. The monoisotopic (exact) mass is 326 g/mol. The van der Waals surface area contributed by atoms with Crippen molar-refractivity contribution in [3.8, 4) is 0 Å². The zero-order valence-electron chi connectivity index (χ0n) is 14.3. The first-order chi connectivity index (χ1) is 10.2. The molecular formula is C17H30N2O2S. The topological polar surface area (TPSA) is 61.4 Å². The van der Waals surface area contributed by atoms with Crippen LogP contribution in [0.5, 0.6) is 0 Å².